The van der Waals surface area contributed by atoms with Crippen LogP contribution in [-0.2, 0) is 9.59 Å². The van der Waals surface area contributed by atoms with Gasteiger partial charge in [-0.15, -0.1) is 0 Å². The van der Waals surface area contributed by atoms with Crippen LogP contribution in [0.25, 0.3) is 0 Å². The highest BCUT2D eigenvalue weighted by atomic mass is 16.4. The molecule has 4 heteroatoms. The predicted molar refractivity (Wildman–Crippen MR) is 46.8 cm³/mol. The van der Waals surface area contributed by atoms with Crippen LogP contribution in [0.4, 0.5) is 0 Å². The van der Waals surface area contributed by atoms with Crippen molar-refractivity contribution in [2.45, 2.75) is 40.0 Å². The largest absolute Gasteiger partial charge is 0.549 e. The fraction of sp³-hybridized carbons (Fsp3) is 0.800. The first-order valence-electron chi connectivity index (χ1n) is 4.86. The first-order chi connectivity index (χ1) is 6.45. The second-order valence-corrected chi connectivity index (χ2v) is 3.49. The van der Waals surface area contributed by atoms with Crippen LogP contribution < -0.4 is 10.2 Å². The van der Waals surface area contributed by atoms with Crippen molar-refractivity contribution in [2.75, 3.05) is 0 Å². The van der Waals surface area contributed by atoms with Crippen LogP contribution in [0.2, 0.25) is 0 Å². The lowest BCUT2D eigenvalue weighted by molar-refractivity contribution is -0.338. The molecule has 0 radical (unpaired) electrons. The van der Waals surface area contributed by atoms with E-state index in [2.05, 4.69) is 0 Å². The molecule has 0 aliphatic carbocycles. The second kappa shape index (κ2) is 4.98. The molecule has 0 saturated carbocycles. The van der Waals surface area contributed by atoms with Crippen molar-refractivity contribution in [1.82, 2.24) is 0 Å². The van der Waals surface area contributed by atoms with E-state index in [9.17, 15) is 19.8 Å². The molecule has 0 bridgehead atoms. The molecular weight excluding hydrogens is 184 g/mol. The summed E-state index contributed by atoms with van der Waals surface area (Å²) in [7, 11) is 0. The number of hydrogen-bond acceptors (Lipinski definition) is 4. The van der Waals surface area contributed by atoms with Gasteiger partial charge < -0.3 is 19.8 Å². The zero-order chi connectivity index (χ0) is 11.4. The number of rotatable bonds is 6. The molecular formula is C10H16O4-2. The molecule has 0 N–H and O–H groups in total. The third-order valence-electron chi connectivity index (χ3n) is 3.20. The Labute approximate surface area is 83.9 Å². The molecule has 0 saturated heterocycles. The second-order valence-electron chi connectivity index (χ2n) is 3.49. The maximum absolute atomic E-state index is 10.7. The Bertz CT molecular complexity index is 196. The fourth-order valence-corrected chi connectivity index (χ4v) is 1.96. The Hall–Kier alpha value is -1.06. The van der Waals surface area contributed by atoms with Gasteiger partial charge in [-0.1, -0.05) is 20.8 Å². The van der Waals surface area contributed by atoms with Gasteiger partial charge in [0.15, 0.2) is 0 Å². The summed E-state index contributed by atoms with van der Waals surface area (Å²) in [5.74, 6) is -4.60. The van der Waals surface area contributed by atoms with Gasteiger partial charge >= 0.3 is 0 Å². The maximum atomic E-state index is 10.7. The highest BCUT2D eigenvalue weighted by Crippen LogP contribution is 2.38. The Morgan fingerprint density at radius 2 is 1.29 bits per heavy atom. The summed E-state index contributed by atoms with van der Waals surface area (Å²) in [5, 5.41) is 21.5. The third-order valence-corrected chi connectivity index (χ3v) is 3.20. The average Bonchev–Trinajstić information content (AvgIpc) is 2.12. The predicted octanol–water partition coefficient (Wildman–Crippen LogP) is -0.681. The van der Waals surface area contributed by atoms with Crippen LogP contribution in [0.1, 0.15) is 40.0 Å². The fourth-order valence-electron chi connectivity index (χ4n) is 1.96. The number of carbonyl (C=O) groups excluding carboxylic acids is 2. The Morgan fingerprint density at radius 3 is 1.36 bits per heavy atom. The molecule has 0 aromatic carbocycles. The molecule has 0 fully saturated rings. The van der Waals surface area contributed by atoms with Gasteiger partial charge in [-0.25, -0.2) is 0 Å². The Kier molecular flexibility index (Phi) is 4.60. The molecule has 0 aromatic rings. The van der Waals surface area contributed by atoms with E-state index in [4.69, 9.17) is 0 Å². The minimum atomic E-state index is -1.55. The lowest BCUT2D eigenvalue weighted by Crippen LogP contribution is -2.51. The zero-order valence-corrected chi connectivity index (χ0v) is 8.83. The van der Waals surface area contributed by atoms with Crippen LogP contribution in [0.5, 0.6) is 0 Å². The van der Waals surface area contributed by atoms with Crippen molar-refractivity contribution in [1.29, 1.82) is 0 Å². The first kappa shape index (κ1) is 12.9. The van der Waals surface area contributed by atoms with Gasteiger partial charge in [0.2, 0.25) is 0 Å². The number of carboxylic acid groups (broad SMARTS) is 2. The van der Waals surface area contributed by atoms with Gasteiger partial charge in [-0.2, -0.15) is 0 Å². The first-order valence-corrected chi connectivity index (χ1v) is 4.86. The molecule has 0 spiro atoms. The molecule has 14 heavy (non-hydrogen) atoms. The van der Waals surface area contributed by atoms with Crippen LogP contribution in [-0.4, -0.2) is 11.9 Å². The van der Waals surface area contributed by atoms with E-state index in [0.717, 1.165) is 0 Å². The minimum absolute atomic E-state index is 0.493. The van der Waals surface area contributed by atoms with Crippen LogP contribution in [0, 0.1) is 11.3 Å². The van der Waals surface area contributed by atoms with E-state index in [0.29, 0.717) is 19.3 Å². The average molecular weight is 200 g/mol. The van der Waals surface area contributed by atoms with Crippen molar-refractivity contribution in [3.63, 3.8) is 0 Å². The maximum Gasteiger partial charge on any atom is 0.0507 e. The van der Waals surface area contributed by atoms with E-state index in [1.807, 2.05) is 0 Å². The van der Waals surface area contributed by atoms with Gasteiger partial charge in [0.1, 0.15) is 0 Å². The Balaban J connectivity index is 5.10. The molecule has 0 amide bonds. The number of hydrogen-bond donors (Lipinski definition) is 0. The molecule has 0 aliphatic heterocycles. The molecule has 0 unspecified atom stereocenters. The summed E-state index contributed by atoms with van der Waals surface area (Å²) in [6.07, 6.45) is 1.48. The smallest absolute Gasteiger partial charge is 0.0507 e. The zero-order valence-electron chi connectivity index (χ0n) is 8.83. The quantitative estimate of drug-likeness (QED) is 0.532. The van der Waals surface area contributed by atoms with Crippen LogP contribution >= 0.6 is 0 Å². The summed E-state index contributed by atoms with van der Waals surface area (Å²) in [6.45, 7) is 5.35. The summed E-state index contributed by atoms with van der Waals surface area (Å²) in [5.41, 5.74) is -0.738. The van der Waals surface area contributed by atoms with E-state index < -0.39 is 23.3 Å². The van der Waals surface area contributed by atoms with Crippen molar-refractivity contribution in [2.24, 2.45) is 11.3 Å². The monoisotopic (exact) mass is 200 g/mol. The SMILES string of the molecule is CCC(CC)(CC)C(C(=O)[O-])C(=O)[O-]. The summed E-state index contributed by atoms with van der Waals surface area (Å²) in [6, 6.07) is 0. The standard InChI is InChI=1S/C10H18O4/c1-4-10(5-2,6-3)7(8(11)12)9(13)14/h7H,4-6H2,1-3H3,(H,11,12)(H,13,14)/p-2. The topological polar surface area (TPSA) is 80.3 Å². The molecule has 0 heterocycles. The minimum Gasteiger partial charge on any atom is -0.549 e. The van der Waals surface area contributed by atoms with E-state index in [1.54, 1.807) is 20.8 Å². The highest BCUT2D eigenvalue weighted by molar-refractivity contribution is 5.91. The summed E-state index contributed by atoms with van der Waals surface area (Å²) >= 11 is 0. The van der Waals surface area contributed by atoms with E-state index >= 15 is 0 Å². The van der Waals surface area contributed by atoms with Gasteiger partial charge in [0.05, 0.1) is 11.9 Å². The number of aliphatic carboxylic acids is 2. The van der Waals surface area contributed by atoms with Crippen molar-refractivity contribution in [3.8, 4) is 0 Å². The molecule has 4 nitrogen and oxygen atoms in total. The van der Waals surface area contributed by atoms with Gasteiger partial charge in [0.25, 0.3) is 0 Å². The van der Waals surface area contributed by atoms with Gasteiger partial charge in [-0.3, -0.25) is 0 Å². The Morgan fingerprint density at radius 1 is 1.00 bits per heavy atom. The van der Waals surface area contributed by atoms with Crippen molar-refractivity contribution in [3.05, 3.63) is 0 Å². The third kappa shape index (κ3) is 2.25. The molecule has 0 rings (SSSR count). The lowest BCUT2D eigenvalue weighted by Gasteiger charge is -2.40. The molecule has 0 atom stereocenters. The molecule has 0 aromatic heterocycles. The summed E-state index contributed by atoms with van der Waals surface area (Å²) in [4.78, 5) is 21.5. The normalized spacial score (nSPS) is 11.7. The number of carboxylic acids is 2. The van der Waals surface area contributed by atoms with E-state index in [-0.39, 0.29) is 0 Å². The van der Waals surface area contributed by atoms with Gasteiger partial charge in [-0.05, 0) is 24.7 Å². The van der Waals surface area contributed by atoms with Crippen LogP contribution in [0.3, 0.4) is 0 Å². The van der Waals surface area contributed by atoms with Gasteiger partial charge in [0, 0.05) is 5.92 Å². The highest BCUT2D eigenvalue weighted by Gasteiger charge is 2.35. The lowest BCUT2D eigenvalue weighted by atomic mass is 9.69. The summed E-state index contributed by atoms with van der Waals surface area (Å²) < 4.78 is 0. The van der Waals surface area contributed by atoms with Crippen LogP contribution in [0.15, 0.2) is 0 Å². The number of carbonyl (C=O) groups is 2. The van der Waals surface area contributed by atoms with Crippen molar-refractivity contribution >= 4 is 11.9 Å². The molecule has 82 valence electrons. The van der Waals surface area contributed by atoms with E-state index in [1.165, 1.54) is 0 Å². The molecule has 0 aliphatic rings. The van der Waals surface area contributed by atoms with Crippen molar-refractivity contribution < 1.29 is 19.8 Å².